The smallest absolute Gasteiger partial charge is 0.351 e. The minimum Gasteiger partial charge on any atom is -0.351 e. The molecular formula is C19H15F6NOS. The number of thiophene rings is 1. The Hall–Kier alpha value is -2.51. The van der Waals surface area contributed by atoms with Crippen LogP contribution in [0.1, 0.15) is 17.9 Å². The molecule has 1 aliphatic rings. The second-order valence-corrected chi connectivity index (χ2v) is 6.65. The highest BCUT2D eigenvalue weighted by Crippen LogP contribution is 2.33. The van der Waals surface area contributed by atoms with Gasteiger partial charge in [-0.3, -0.25) is 4.79 Å². The van der Waals surface area contributed by atoms with E-state index < -0.39 is 41.9 Å². The number of carbonyl (C=O) groups excluding carboxylic acids is 1. The van der Waals surface area contributed by atoms with Crippen LogP contribution in [0.5, 0.6) is 0 Å². The number of hydrogen-bond donors (Lipinski definition) is 1. The van der Waals surface area contributed by atoms with Crippen LogP contribution in [0.3, 0.4) is 0 Å². The summed E-state index contributed by atoms with van der Waals surface area (Å²) in [5, 5.41) is 5.92. The van der Waals surface area contributed by atoms with E-state index in [1.54, 1.807) is 22.6 Å². The van der Waals surface area contributed by atoms with Gasteiger partial charge < -0.3 is 5.32 Å². The lowest BCUT2D eigenvalue weighted by atomic mass is 9.97. The third kappa shape index (κ3) is 5.74. The number of amides is 1. The van der Waals surface area contributed by atoms with Crippen molar-refractivity contribution in [2.45, 2.75) is 24.7 Å². The number of hydrogen-bond acceptors (Lipinski definition) is 2. The lowest BCUT2D eigenvalue weighted by Gasteiger charge is -2.15. The fourth-order valence-corrected chi connectivity index (χ4v) is 3.16. The first kappa shape index (κ1) is 21.8. The van der Waals surface area contributed by atoms with E-state index in [-0.39, 0.29) is 18.1 Å². The number of alkyl halides is 6. The molecule has 0 spiro atoms. The van der Waals surface area contributed by atoms with Crippen molar-refractivity contribution in [2.24, 2.45) is 0 Å². The summed E-state index contributed by atoms with van der Waals surface area (Å²) >= 11 is 1.37. The standard InChI is InChI=1S/C19H15F6NOS/c1-2-3-16(13-6-7-28-11-13)17(27)26-10-12-8-14(18(20,21)22)4-5-15(9-12)19(23,24)25/h2,4,6-9,11,16H,1,3,10H2,(H,26,27). The van der Waals surface area contributed by atoms with E-state index in [4.69, 9.17) is 0 Å². The average Bonchev–Trinajstić information content (AvgIpc) is 3.00. The van der Waals surface area contributed by atoms with Gasteiger partial charge >= 0.3 is 12.4 Å². The predicted molar refractivity (Wildman–Crippen MR) is 94.8 cm³/mol. The fraction of sp³-hybridized carbons (Fsp3) is 0.263. The molecule has 9 heteroatoms. The molecule has 1 aromatic heterocycles. The first-order valence-electron chi connectivity index (χ1n) is 7.96. The van der Waals surface area contributed by atoms with E-state index in [0.717, 1.165) is 0 Å². The lowest BCUT2D eigenvalue weighted by molar-refractivity contribution is -0.122. The van der Waals surface area contributed by atoms with Gasteiger partial charge in [0.2, 0.25) is 5.91 Å². The molecule has 1 aromatic rings. The van der Waals surface area contributed by atoms with Crippen LogP contribution in [-0.4, -0.2) is 24.8 Å². The molecule has 1 heterocycles. The minimum absolute atomic E-state index is 0.250. The Kier molecular flexibility index (Phi) is 6.74. The molecule has 2 nitrogen and oxygen atoms in total. The van der Waals surface area contributed by atoms with Crippen LogP contribution < -0.4 is 5.32 Å². The highest BCUT2D eigenvalue weighted by molar-refractivity contribution is 7.08. The fourth-order valence-electron chi connectivity index (χ4n) is 2.44. The molecule has 0 bridgehead atoms. The van der Waals surface area contributed by atoms with E-state index in [2.05, 4.69) is 11.9 Å². The number of nitrogens with one attached hydrogen (secondary N) is 1. The molecule has 28 heavy (non-hydrogen) atoms. The molecule has 1 unspecified atom stereocenters. The molecule has 0 saturated heterocycles. The second-order valence-electron chi connectivity index (χ2n) is 5.87. The van der Waals surface area contributed by atoms with Gasteiger partial charge in [0, 0.05) is 6.54 Å². The molecule has 0 fully saturated rings. The minimum atomic E-state index is -4.87. The van der Waals surface area contributed by atoms with Gasteiger partial charge in [0.1, 0.15) is 0 Å². The van der Waals surface area contributed by atoms with Gasteiger partial charge in [-0.25, -0.2) is 0 Å². The molecule has 1 aliphatic carbocycles. The number of halogens is 6. The van der Waals surface area contributed by atoms with Crippen LogP contribution in [0.15, 0.2) is 70.2 Å². The summed E-state index contributed by atoms with van der Waals surface area (Å²) < 4.78 is 77.8. The van der Waals surface area contributed by atoms with Gasteiger partial charge in [-0.2, -0.15) is 37.7 Å². The summed E-state index contributed by atoms with van der Waals surface area (Å²) in [6.45, 7) is 3.07. The van der Waals surface area contributed by atoms with Crippen LogP contribution in [0.2, 0.25) is 0 Å². The average molecular weight is 419 g/mol. The summed E-state index contributed by atoms with van der Waals surface area (Å²) in [5.41, 5.74) is -0.640. The van der Waals surface area contributed by atoms with Gasteiger partial charge in [0.15, 0.2) is 0 Å². The Labute approximate surface area is 161 Å². The first-order chi connectivity index (χ1) is 13.0. The molecule has 0 saturated carbocycles. The van der Waals surface area contributed by atoms with Crippen molar-refractivity contribution in [3.63, 3.8) is 0 Å². The van der Waals surface area contributed by atoms with E-state index in [1.807, 2.05) is 0 Å². The van der Waals surface area contributed by atoms with Crippen molar-refractivity contribution < 1.29 is 31.1 Å². The second kappa shape index (κ2) is 8.67. The summed E-state index contributed by atoms with van der Waals surface area (Å²) in [6.07, 6.45) is -6.56. The van der Waals surface area contributed by atoms with E-state index in [0.29, 0.717) is 17.7 Å². The summed E-state index contributed by atoms with van der Waals surface area (Å²) in [7, 11) is 0. The zero-order chi connectivity index (χ0) is 20.9. The summed E-state index contributed by atoms with van der Waals surface area (Å²) in [4.78, 5) is 12.4. The van der Waals surface area contributed by atoms with Crippen molar-refractivity contribution in [3.05, 3.63) is 75.7 Å². The first-order valence-corrected chi connectivity index (χ1v) is 8.90. The largest absolute Gasteiger partial charge is 0.423 e. The normalized spacial score (nSPS) is 15.9. The van der Waals surface area contributed by atoms with Gasteiger partial charge in [-0.1, -0.05) is 6.08 Å². The topological polar surface area (TPSA) is 29.1 Å². The molecule has 0 radical (unpaired) electrons. The van der Waals surface area contributed by atoms with E-state index >= 15 is 0 Å². The monoisotopic (exact) mass is 419 g/mol. The maximum Gasteiger partial charge on any atom is 0.423 e. The molecule has 150 valence electrons. The Bertz CT molecular complexity index is 852. The Morgan fingerprint density at radius 3 is 2.46 bits per heavy atom. The van der Waals surface area contributed by atoms with Crippen molar-refractivity contribution in [1.82, 2.24) is 5.32 Å². The van der Waals surface area contributed by atoms with Crippen molar-refractivity contribution in [2.75, 3.05) is 6.54 Å². The third-order valence-corrected chi connectivity index (χ3v) is 4.52. The number of carbonyl (C=O) groups is 1. The highest BCUT2D eigenvalue weighted by atomic mass is 32.1. The maximum absolute atomic E-state index is 13.0. The van der Waals surface area contributed by atoms with Crippen molar-refractivity contribution in [1.29, 1.82) is 0 Å². The van der Waals surface area contributed by atoms with Gasteiger partial charge in [-0.05, 0) is 52.6 Å². The van der Waals surface area contributed by atoms with Gasteiger partial charge in [0.25, 0.3) is 0 Å². The Morgan fingerprint density at radius 2 is 1.93 bits per heavy atom. The predicted octanol–water partition coefficient (Wildman–Crippen LogP) is 5.60. The quantitative estimate of drug-likeness (QED) is 0.363. The van der Waals surface area contributed by atoms with Crippen molar-refractivity contribution >= 4 is 17.2 Å². The SMILES string of the molecule is C=CCC(C(=O)NCC1=CC(C(F)(F)F)=C=CC(C(F)(F)F)=C1)c1ccsc1. The van der Waals surface area contributed by atoms with E-state index in [9.17, 15) is 31.1 Å². The van der Waals surface area contributed by atoms with Crippen LogP contribution in [0.4, 0.5) is 26.3 Å². The van der Waals surface area contributed by atoms with E-state index in [1.165, 1.54) is 17.4 Å². The van der Waals surface area contributed by atoms with Crippen LogP contribution in [-0.2, 0) is 4.79 Å². The molecule has 1 N–H and O–H groups in total. The summed E-state index contributed by atoms with van der Waals surface area (Å²) in [5.74, 6) is -1.15. The molecule has 2 rings (SSSR count). The highest BCUT2D eigenvalue weighted by Gasteiger charge is 2.36. The summed E-state index contributed by atoms with van der Waals surface area (Å²) in [6, 6.07) is 1.72. The number of rotatable bonds is 6. The zero-order valence-electron chi connectivity index (χ0n) is 14.3. The van der Waals surface area contributed by atoms with Gasteiger partial charge in [-0.15, -0.1) is 12.3 Å². The Morgan fingerprint density at radius 1 is 1.21 bits per heavy atom. The molecule has 0 aliphatic heterocycles. The number of allylic oxidation sites excluding steroid dienone is 4. The van der Waals surface area contributed by atoms with Gasteiger partial charge in [0.05, 0.1) is 17.1 Å². The lowest BCUT2D eigenvalue weighted by Crippen LogP contribution is -2.30. The zero-order valence-corrected chi connectivity index (χ0v) is 15.1. The Balaban J connectivity index is 2.25. The molecule has 1 atom stereocenters. The third-order valence-electron chi connectivity index (χ3n) is 3.82. The van der Waals surface area contributed by atoms with Crippen LogP contribution >= 0.6 is 11.3 Å². The molecular weight excluding hydrogens is 404 g/mol. The molecule has 0 aromatic carbocycles. The van der Waals surface area contributed by atoms with Crippen LogP contribution in [0.25, 0.3) is 0 Å². The van der Waals surface area contributed by atoms with Crippen LogP contribution in [0, 0.1) is 0 Å². The maximum atomic E-state index is 13.0. The van der Waals surface area contributed by atoms with Crippen molar-refractivity contribution in [3.8, 4) is 0 Å². The molecule has 1 amide bonds.